The molecular weight excluding hydrogens is 314 g/mol. The Morgan fingerprint density at radius 1 is 1.28 bits per heavy atom. The monoisotopic (exact) mass is 345 g/mol. The summed E-state index contributed by atoms with van der Waals surface area (Å²) in [4.78, 5) is 19.8. The SMILES string of the molecule is CC[C@@H]1CN(CC(=O)N2c3ccccc3C[C@@H]2C)CCN1CCOC. The standard InChI is InChI=1S/C20H31N3O2/c1-4-18-14-21(9-10-22(18)11-12-25-3)15-20(24)23-16(2)13-17-7-5-6-8-19(17)23/h5-8,16,18H,4,9-15H2,1-3H3/t16-,18+/m0/s1. The Kier molecular flexibility index (Phi) is 6.10. The smallest absolute Gasteiger partial charge is 0.241 e. The number of ether oxygens (including phenoxy) is 1. The van der Waals surface area contributed by atoms with E-state index in [1.807, 2.05) is 11.0 Å². The average molecular weight is 345 g/mol. The van der Waals surface area contributed by atoms with Gasteiger partial charge in [-0.05, 0) is 31.4 Å². The van der Waals surface area contributed by atoms with Gasteiger partial charge in [-0.15, -0.1) is 0 Å². The summed E-state index contributed by atoms with van der Waals surface area (Å²) in [7, 11) is 1.75. The van der Waals surface area contributed by atoms with Crippen molar-refractivity contribution < 1.29 is 9.53 Å². The fraction of sp³-hybridized carbons (Fsp3) is 0.650. The molecule has 1 amide bonds. The Morgan fingerprint density at radius 2 is 2.08 bits per heavy atom. The molecule has 0 N–H and O–H groups in total. The first kappa shape index (κ1) is 18.4. The number of carbonyl (C=O) groups is 1. The van der Waals surface area contributed by atoms with E-state index in [4.69, 9.17) is 4.74 Å². The van der Waals surface area contributed by atoms with Crippen LogP contribution in [0, 0.1) is 0 Å². The van der Waals surface area contributed by atoms with E-state index in [0.29, 0.717) is 12.6 Å². The maximum Gasteiger partial charge on any atom is 0.241 e. The molecular formula is C20H31N3O2. The van der Waals surface area contributed by atoms with Gasteiger partial charge >= 0.3 is 0 Å². The zero-order chi connectivity index (χ0) is 17.8. The van der Waals surface area contributed by atoms with Crippen LogP contribution in [0.5, 0.6) is 0 Å². The van der Waals surface area contributed by atoms with Gasteiger partial charge in [0.1, 0.15) is 0 Å². The van der Waals surface area contributed by atoms with Gasteiger partial charge in [0.15, 0.2) is 0 Å². The molecule has 1 aromatic rings. The van der Waals surface area contributed by atoms with Crippen molar-refractivity contribution in [3.05, 3.63) is 29.8 Å². The first-order valence-electron chi connectivity index (χ1n) is 9.49. The number of hydrogen-bond donors (Lipinski definition) is 0. The summed E-state index contributed by atoms with van der Waals surface area (Å²) in [5.41, 5.74) is 2.39. The van der Waals surface area contributed by atoms with Crippen LogP contribution in [0.3, 0.4) is 0 Å². The third-order valence-corrected chi connectivity index (χ3v) is 5.58. The van der Waals surface area contributed by atoms with Crippen molar-refractivity contribution in [2.45, 2.75) is 38.8 Å². The summed E-state index contributed by atoms with van der Waals surface area (Å²) in [6.07, 6.45) is 2.07. The molecule has 5 nitrogen and oxygen atoms in total. The van der Waals surface area contributed by atoms with Crippen LogP contribution in [0.2, 0.25) is 0 Å². The highest BCUT2D eigenvalue weighted by Gasteiger charge is 2.33. The summed E-state index contributed by atoms with van der Waals surface area (Å²) >= 11 is 0. The van der Waals surface area contributed by atoms with Crippen molar-refractivity contribution in [2.24, 2.45) is 0 Å². The molecule has 0 spiro atoms. The number of benzene rings is 1. The highest BCUT2D eigenvalue weighted by atomic mass is 16.5. The lowest BCUT2D eigenvalue weighted by Gasteiger charge is -2.41. The van der Waals surface area contributed by atoms with Gasteiger partial charge in [0.25, 0.3) is 0 Å². The third-order valence-electron chi connectivity index (χ3n) is 5.58. The average Bonchev–Trinajstić information content (AvgIpc) is 2.96. The molecule has 0 bridgehead atoms. The Balaban J connectivity index is 1.60. The van der Waals surface area contributed by atoms with Gasteiger partial charge in [0.2, 0.25) is 5.91 Å². The molecule has 2 aliphatic rings. The molecule has 5 heteroatoms. The van der Waals surface area contributed by atoms with Gasteiger partial charge in [-0.3, -0.25) is 14.6 Å². The summed E-state index contributed by atoms with van der Waals surface area (Å²) < 4.78 is 5.23. The molecule has 25 heavy (non-hydrogen) atoms. The molecule has 1 fully saturated rings. The van der Waals surface area contributed by atoms with Crippen molar-refractivity contribution in [3.63, 3.8) is 0 Å². The van der Waals surface area contributed by atoms with Crippen molar-refractivity contribution >= 4 is 11.6 Å². The number of fused-ring (bicyclic) bond motifs is 1. The van der Waals surface area contributed by atoms with E-state index in [0.717, 1.165) is 51.3 Å². The minimum atomic E-state index is 0.234. The number of para-hydroxylation sites is 1. The lowest BCUT2D eigenvalue weighted by Crippen LogP contribution is -2.56. The fourth-order valence-electron chi connectivity index (χ4n) is 4.20. The molecule has 2 aliphatic heterocycles. The normalized spacial score (nSPS) is 24.5. The second kappa shape index (κ2) is 8.30. The number of hydrogen-bond acceptors (Lipinski definition) is 4. The van der Waals surface area contributed by atoms with Crippen LogP contribution >= 0.6 is 0 Å². The molecule has 2 heterocycles. The lowest BCUT2D eigenvalue weighted by atomic mass is 10.1. The fourth-order valence-corrected chi connectivity index (χ4v) is 4.20. The Labute approximate surface area is 151 Å². The minimum absolute atomic E-state index is 0.234. The van der Waals surface area contributed by atoms with Crippen LogP contribution in [-0.4, -0.2) is 74.2 Å². The first-order valence-corrected chi connectivity index (χ1v) is 9.49. The van der Waals surface area contributed by atoms with Crippen molar-refractivity contribution in [1.82, 2.24) is 9.80 Å². The van der Waals surface area contributed by atoms with Gasteiger partial charge in [-0.1, -0.05) is 25.1 Å². The molecule has 0 unspecified atom stereocenters. The summed E-state index contributed by atoms with van der Waals surface area (Å²) in [5, 5.41) is 0. The molecule has 0 saturated carbocycles. The topological polar surface area (TPSA) is 36.0 Å². The Morgan fingerprint density at radius 3 is 2.84 bits per heavy atom. The van der Waals surface area contributed by atoms with Crippen molar-refractivity contribution in [1.29, 1.82) is 0 Å². The number of piperazine rings is 1. The third kappa shape index (κ3) is 4.05. The van der Waals surface area contributed by atoms with Gasteiger partial charge < -0.3 is 9.64 Å². The molecule has 138 valence electrons. The van der Waals surface area contributed by atoms with E-state index < -0.39 is 0 Å². The molecule has 2 atom stereocenters. The zero-order valence-electron chi connectivity index (χ0n) is 15.8. The van der Waals surface area contributed by atoms with Crippen LogP contribution < -0.4 is 4.90 Å². The number of carbonyl (C=O) groups excluding carboxylic acids is 1. The van der Waals surface area contributed by atoms with Crippen LogP contribution in [0.15, 0.2) is 24.3 Å². The molecule has 0 radical (unpaired) electrons. The van der Waals surface area contributed by atoms with E-state index in [2.05, 4.69) is 41.8 Å². The first-order chi connectivity index (χ1) is 12.1. The number of rotatable bonds is 6. The van der Waals surface area contributed by atoms with E-state index in [1.165, 1.54) is 5.56 Å². The molecule has 0 aromatic heterocycles. The van der Waals surface area contributed by atoms with Crippen molar-refractivity contribution in [2.75, 3.05) is 51.3 Å². The number of anilines is 1. The number of amides is 1. The molecule has 3 rings (SSSR count). The van der Waals surface area contributed by atoms with Crippen LogP contribution in [0.25, 0.3) is 0 Å². The quantitative estimate of drug-likeness (QED) is 0.790. The van der Waals surface area contributed by atoms with Crippen LogP contribution in [0.1, 0.15) is 25.8 Å². The lowest BCUT2D eigenvalue weighted by molar-refractivity contribution is -0.120. The zero-order valence-corrected chi connectivity index (χ0v) is 15.8. The maximum atomic E-state index is 13.0. The highest BCUT2D eigenvalue weighted by molar-refractivity contribution is 5.97. The van der Waals surface area contributed by atoms with Gasteiger partial charge in [0.05, 0.1) is 13.2 Å². The highest BCUT2D eigenvalue weighted by Crippen LogP contribution is 2.32. The van der Waals surface area contributed by atoms with Crippen LogP contribution in [0.4, 0.5) is 5.69 Å². The second-order valence-corrected chi connectivity index (χ2v) is 7.27. The largest absolute Gasteiger partial charge is 0.383 e. The van der Waals surface area contributed by atoms with E-state index >= 15 is 0 Å². The van der Waals surface area contributed by atoms with Gasteiger partial charge in [-0.2, -0.15) is 0 Å². The molecule has 1 saturated heterocycles. The van der Waals surface area contributed by atoms with Crippen molar-refractivity contribution in [3.8, 4) is 0 Å². The Bertz CT molecular complexity index is 592. The maximum absolute atomic E-state index is 13.0. The van der Waals surface area contributed by atoms with Crippen LogP contribution in [-0.2, 0) is 16.0 Å². The van der Waals surface area contributed by atoms with Gasteiger partial charge in [-0.25, -0.2) is 0 Å². The summed E-state index contributed by atoms with van der Waals surface area (Å²) in [6.45, 7) is 9.59. The second-order valence-electron chi connectivity index (χ2n) is 7.27. The number of nitrogens with zero attached hydrogens (tertiary/aromatic N) is 3. The van der Waals surface area contributed by atoms with E-state index in [1.54, 1.807) is 7.11 Å². The predicted octanol–water partition coefficient (Wildman–Crippen LogP) is 2.01. The minimum Gasteiger partial charge on any atom is -0.383 e. The molecule has 1 aromatic carbocycles. The predicted molar refractivity (Wildman–Crippen MR) is 101 cm³/mol. The molecule has 0 aliphatic carbocycles. The van der Waals surface area contributed by atoms with E-state index in [-0.39, 0.29) is 11.9 Å². The number of methoxy groups -OCH3 is 1. The van der Waals surface area contributed by atoms with Gasteiger partial charge in [0, 0.05) is 51.1 Å². The summed E-state index contributed by atoms with van der Waals surface area (Å²) in [5.74, 6) is 0.234. The summed E-state index contributed by atoms with van der Waals surface area (Å²) in [6, 6.07) is 9.08. The van der Waals surface area contributed by atoms with E-state index in [9.17, 15) is 4.79 Å². The Hall–Kier alpha value is -1.43.